The Morgan fingerprint density at radius 3 is 2.00 bits per heavy atom. The van der Waals surface area contributed by atoms with Crippen LogP contribution in [0.3, 0.4) is 0 Å². The van der Waals surface area contributed by atoms with Crippen molar-refractivity contribution in [2.75, 3.05) is 17.9 Å². The zero-order valence-corrected chi connectivity index (χ0v) is 24.2. The van der Waals surface area contributed by atoms with Crippen LogP contribution in [0.1, 0.15) is 24.5 Å². The molecule has 3 rings (SSSR count). The predicted octanol–water partition coefficient (Wildman–Crippen LogP) is 5.70. The highest BCUT2D eigenvalue weighted by Gasteiger charge is 2.33. The lowest BCUT2D eigenvalue weighted by molar-refractivity contribution is -0.140. The van der Waals surface area contributed by atoms with Gasteiger partial charge in [-0.05, 0) is 61.4 Å². The third kappa shape index (κ3) is 7.20. The van der Waals surface area contributed by atoms with Gasteiger partial charge in [0, 0.05) is 28.7 Å². The molecule has 3 aromatic rings. The Labute approximate surface area is 238 Å². The number of likely N-dealkylation sites (N-methyl/N-ethyl adjacent to an activating group) is 1. The highest BCUT2D eigenvalue weighted by atomic mass is 35.5. The minimum atomic E-state index is -4.22. The van der Waals surface area contributed by atoms with Crippen molar-refractivity contribution < 1.29 is 18.0 Å². The molecule has 2 amide bonds. The molecule has 0 saturated carbocycles. The van der Waals surface area contributed by atoms with Gasteiger partial charge in [-0.2, -0.15) is 0 Å². The van der Waals surface area contributed by atoms with E-state index in [4.69, 9.17) is 34.8 Å². The number of hydrogen-bond acceptors (Lipinski definition) is 4. The second-order valence-electron chi connectivity index (χ2n) is 8.64. The molecule has 0 bridgehead atoms. The Kier molecular flexibility index (Phi) is 10.1. The van der Waals surface area contributed by atoms with Crippen LogP contribution >= 0.6 is 34.8 Å². The summed E-state index contributed by atoms with van der Waals surface area (Å²) in [6.45, 7) is 3.09. The molecule has 1 N–H and O–H groups in total. The number of nitrogens with zero attached hydrogens (tertiary/aromatic N) is 2. The van der Waals surface area contributed by atoms with Gasteiger partial charge in [0.1, 0.15) is 12.6 Å². The van der Waals surface area contributed by atoms with Crippen molar-refractivity contribution in [1.82, 2.24) is 10.2 Å². The largest absolute Gasteiger partial charge is 0.357 e. The number of halogens is 3. The minimum Gasteiger partial charge on any atom is -0.357 e. The number of benzene rings is 3. The van der Waals surface area contributed by atoms with Gasteiger partial charge in [0.2, 0.25) is 11.8 Å². The maximum Gasteiger partial charge on any atom is 0.264 e. The highest BCUT2D eigenvalue weighted by Crippen LogP contribution is 2.30. The van der Waals surface area contributed by atoms with Crippen molar-refractivity contribution in [1.29, 1.82) is 0 Å². The average molecular weight is 597 g/mol. The second kappa shape index (κ2) is 12.8. The van der Waals surface area contributed by atoms with Crippen LogP contribution in [0.2, 0.25) is 15.1 Å². The third-order valence-corrected chi connectivity index (χ3v) is 8.40. The molecule has 1 unspecified atom stereocenters. The minimum absolute atomic E-state index is 0.00501. The topological polar surface area (TPSA) is 86.8 Å². The number of aryl methyl sites for hydroxylation is 1. The van der Waals surface area contributed by atoms with Gasteiger partial charge < -0.3 is 10.2 Å². The Hall–Kier alpha value is -2.78. The molecular weight excluding hydrogens is 569 g/mol. The molecule has 38 heavy (non-hydrogen) atoms. The molecule has 202 valence electrons. The van der Waals surface area contributed by atoms with E-state index in [1.165, 1.54) is 42.3 Å². The first-order chi connectivity index (χ1) is 18.0. The molecule has 3 aromatic carbocycles. The fraction of sp³-hybridized carbons (Fsp3) is 0.259. The average Bonchev–Trinajstić information content (AvgIpc) is 2.87. The summed E-state index contributed by atoms with van der Waals surface area (Å²) in [7, 11) is -2.73. The van der Waals surface area contributed by atoms with Crippen molar-refractivity contribution in [2.24, 2.45) is 0 Å². The van der Waals surface area contributed by atoms with Gasteiger partial charge in [-0.25, -0.2) is 8.42 Å². The van der Waals surface area contributed by atoms with Crippen molar-refractivity contribution in [3.8, 4) is 0 Å². The monoisotopic (exact) mass is 595 g/mol. The van der Waals surface area contributed by atoms with E-state index in [2.05, 4.69) is 5.32 Å². The van der Waals surface area contributed by atoms with Crippen LogP contribution in [0.25, 0.3) is 0 Å². The highest BCUT2D eigenvalue weighted by molar-refractivity contribution is 7.92. The van der Waals surface area contributed by atoms with E-state index in [1.54, 1.807) is 43.3 Å². The molecule has 0 aliphatic carbocycles. The number of carbonyl (C=O) groups excluding carboxylic acids is 2. The molecule has 0 fully saturated rings. The standard InChI is InChI=1S/C27H28Cl3N3O4S/c1-4-25(27(35)31-3)32(16-19-7-9-20(28)10-8-19)26(34)17-33(23-14-21(29)13-22(30)15-23)38(36,37)24-11-5-18(2)6-12-24/h5-15,25H,4,16-17H2,1-3H3,(H,31,35). The maximum absolute atomic E-state index is 13.9. The van der Waals surface area contributed by atoms with Crippen molar-refractivity contribution in [3.63, 3.8) is 0 Å². The zero-order valence-electron chi connectivity index (χ0n) is 21.1. The molecular formula is C27H28Cl3N3O4S. The van der Waals surface area contributed by atoms with Crippen LogP contribution in [0.15, 0.2) is 71.6 Å². The van der Waals surface area contributed by atoms with E-state index < -0.39 is 28.5 Å². The Balaban J connectivity index is 2.09. The smallest absolute Gasteiger partial charge is 0.264 e. The van der Waals surface area contributed by atoms with Crippen LogP contribution in [0.5, 0.6) is 0 Å². The summed E-state index contributed by atoms with van der Waals surface area (Å²) in [5, 5.41) is 3.53. The number of carbonyl (C=O) groups is 2. The molecule has 11 heteroatoms. The van der Waals surface area contributed by atoms with Gasteiger partial charge in [0.15, 0.2) is 0 Å². The van der Waals surface area contributed by atoms with Gasteiger partial charge in [-0.3, -0.25) is 13.9 Å². The first kappa shape index (κ1) is 29.8. The lowest BCUT2D eigenvalue weighted by atomic mass is 10.1. The second-order valence-corrected chi connectivity index (χ2v) is 11.8. The summed E-state index contributed by atoms with van der Waals surface area (Å²) in [5.74, 6) is -0.948. The van der Waals surface area contributed by atoms with Crippen molar-refractivity contribution >= 4 is 62.3 Å². The fourth-order valence-electron chi connectivity index (χ4n) is 3.92. The van der Waals surface area contributed by atoms with Crippen LogP contribution in [0.4, 0.5) is 5.69 Å². The summed E-state index contributed by atoms with van der Waals surface area (Å²) in [5.41, 5.74) is 1.72. The Bertz CT molecular complexity index is 1380. The van der Waals surface area contributed by atoms with E-state index >= 15 is 0 Å². The molecule has 0 aliphatic heterocycles. The zero-order chi connectivity index (χ0) is 28.0. The van der Waals surface area contributed by atoms with Gasteiger partial charge in [-0.1, -0.05) is 71.6 Å². The molecule has 7 nitrogen and oxygen atoms in total. The summed E-state index contributed by atoms with van der Waals surface area (Å²) < 4.78 is 28.6. The van der Waals surface area contributed by atoms with Crippen molar-refractivity contribution in [2.45, 2.75) is 37.8 Å². The van der Waals surface area contributed by atoms with E-state index in [9.17, 15) is 18.0 Å². The fourth-order valence-corrected chi connectivity index (χ4v) is 5.96. The lowest BCUT2D eigenvalue weighted by Gasteiger charge is -2.33. The van der Waals surface area contributed by atoms with Gasteiger partial charge in [0.25, 0.3) is 10.0 Å². The summed E-state index contributed by atoms with van der Waals surface area (Å²) in [6.07, 6.45) is 0.312. The van der Waals surface area contributed by atoms with Crippen LogP contribution in [-0.2, 0) is 26.2 Å². The summed E-state index contributed by atoms with van der Waals surface area (Å²) in [6, 6.07) is 16.6. The molecule has 0 heterocycles. The number of sulfonamides is 1. The van der Waals surface area contributed by atoms with Crippen LogP contribution in [-0.4, -0.2) is 44.8 Å². The first-order valence-corrected chi connectivity index (χ1v) is 14.3. The number of hydrogen-bond donors (Lipinski definition) is 1. The van der Waals surface area contributed by atoms with Crippen LogP contribution in [0, 0.1) is 6.92 Å². The van der Waals surface area contributed by atoms with Gasteiger partial charge in [0.05, 0.1) is 10.6 Å². The number of rotatable bonds is 10. The number of nitrogens with one attached hydrogen (secondary N) is 1. The maximum atomic E-state index is 13.9. The van der Waals surface area contributed by atoms with Crippen LogP contribution < -0.4 is 9.62 Å². The van der Waals surface area contributed by atoms with Gasteiger partial charge >= 0.3 is 0 Å². The Morgan fingerprint density at radius 1 is 0.895 bits per heavy atom. The number of anilines is 1. The molecule has 0 aromatic heterocycles. The number of amides is 2. The third-order valence-electron chi connectivity index (χ3n) is 5.92. The normalized spacial score (nSPS) is 12.1. The van der Waals surface area contributed by atoms with E-state index in [-0.39, 0.29) is 33.1 Å². The van der Waals surface area contributed by atoms with E-state index in [0.29, 0.717) is 11.4 Å². The lowest BCUT2D eigenvalue weighted by Crippen LogP contribution is -2.51. The Morgan fingerprint density at radius 2 is 1.47 bits per heavy atom. The molecule has 0 aliphatic rings. The predicted molar refractivity (Wildman–Crippen MR) is 152 cm³/mol. The van der Waals surface area contributed by atoms with Gasteiger partial charge in [-0.15, -0.1) is 0 Å². The van der Waals surface area contributed by atoms with Crippen molar-refractivity contribution in [3.05, 3.63) is 92.9 Å². The SMILES string of the molecule is CCC(C(=O)NC)N(Cc1ccc(Cl)cc1)C(=O)CN(c1cc(Cl)cc(Cl)c1)S(=O)(=O)c1ccc(C)cc1. The molecule has 0 spiro atoms. The van der Waals surface area contributed by atoms with E-state index in [0.717, 1.165) is 15.4 Å². The molecule has 0 saturated heterocycles. The summed E-state index contributed by atoms with van der Waals surface area (Å²) in [4.78, 5) is 28.0. The summed E-state index contributed by atoms with van der Waals surface area (Å²) >= 11 is 18.4. The molecule has 0 radical (unpaired) electrons. The van der Waals surface area contributed by atoms with E-state index in [1.807, 2.05) is 6.92 Å². The quantitative estimate of drug-likeness (QED) is 0.325. The molecule has 1 atom stereocenters. The first-order valence-electron chi connectivity index (χ1n) is 11.8.